The van der Waals surface area contributed by atoms with Crippen molar-refractivity contribution in [2.45, 2.75) is 32.3 Å². The number of hydrogen-bond acceptors (Lipinski definition) is 5. The van der Waals surface area contributed by atoms with Crippen LogP contribution in [-0.2, 0) is 9.59 Å². The number of rotatable bonds is 6. The summed E-state index contributed by atoms with van der Waals surface area (Å²) >= 11 is 0. The lowest BCUT2D eigenvalue weighted by molar-refractivity contribution is -0.136. The monoisotopic (exact) mass is 384 g/mol. The molecule has 1 atom stereocenters. The van der Waals surface area contributed by atoms with Gasteiger partial charge in [0.2, 0.25) is 6.79 Å². The highest BCUT2D eigenvalue weighted by atomic mass is 16.7. The molecule has 7 heteroatoms. The second-order valence-electron chi connectivity index (χ2n) is 6.90. The number of amides is 2. The Morgan fingerprint density at radius 1 is 1.00 bits per heavy atom. The SMILES string of the molecule is CC(C)c1ccc(NC(=O)C(=O)NCCC(O)c2ccc3c(c2)OCO3)cc1. The Morgan fingerprint density at radius 2 is 1.68 bits per heavy atom. The molecule has 3 rings (SSSR count). The average Bonchev–Trinajstić information content (AvgIpc) is 3.16. The van der Waals surface area contributed by atoms with Crippen molar-refractivity contribution in [2.24, 2.45) is 0 Å². The minimum absolute atomic E-state index is 0.161. The summed E-state index contributed by atoms with van der Waals surface area (Å²) < 4.78 is 10.5. The van der Waals surface area contributed by atoms with Crippen LogP contribution in [-0.4, -0.2) is 30.3 Å². The Kier molecular flexibility index (Phi) is 6.16. The molecule has 148 valence electrons. The zero-order chi connectivity index (χ0) is 20.1. The van der Waals surface area contributed by atoms with Gasteiger partial charge in [0.05, 0.1) is 6.10 Å². The van der Waals surface area contributed by atoms with E-state index in [0.29, 0.717) is 28.7 Å². The lowest BCUT2D eigenvalue weighted by atomic mass is 10.0. The number of carbonyl (C=O) groups is 2. The maximum absolute atomic E-state index is 12.0. The van der Waals surface area contributed by atoms with E-state index in [1.54, 1.807) is 30.3 Å². The van der Waals surface area contributed by atoms with E-state index in [0.717, 1.165) is 5.56 Å². The molecule has 0 radical (unpaired) electrons. The van der Waals surface area contributed by atoms with E-state index in [1.165, 1.54) is 0 Å². The smallest absolute Gasteiger partial charge is 0.313 e. The van der Waals surface area contributed by atoms with Crippen molar-refractivity contribution in [3.63, 3.8) is 0 Å². The first-order valence-corrected chi connectivity index (χ1v) is 9.21. The van der Waals surface area contributed by atoms with E-state index in [4.69, 9.17) is 9.47 Å². The van der Waals surface area contributed by atoms with Gasteiger partial charge in [0.25, 0.3) is 0 Å². The molecule has 1 aliphatic heterocycles. The van der Waals surface area contributed by atoms with Crippen LogP contribution >= 0.6 is 0 Å². The summed E-state index contributed by atoms with van der Waals surface area (Å²) in [6.07, 6.45) is -0.525. The standard InChI is InChI=1S/C21H24N2O5/c1-13(2)14-3-6-16(7-4-14)23-21(26)20(25)22-10-9-17(24)15-5-8-18-19(11-15)28-12-27-18/h3-8,11,13,17,24H,9-10,12H2,1-2H3,(H,22,25)(H,23,26). The third kappa shape index (κ3) is 4.80. The molecular formula is C21H24N2O5. The van der Waals surface area contributed by atoms with Gasteiger partial charge in [-0.3, -0.25) is 9.59 Å². The van der Waals surface area contributed by atoms with Gasteiger partial charge < -0.3 is 25.2 Å². The first kappa shape index (κ1) is 19.7. The molecule has 28 heavy (non-hydrogen) atoms. The molecule has 0 saturated carbocycles. The predicted octanol–water partition coefficient (Wildman–Crippen LogP) is 2.72. The van der Waals surface area contributed by atoms with Crippen molar-refractivity contribution in [1.82, 2.24) is 5.32 Å². The van der Waals surface area contributed by atoms with Crippen molar-refractivity contribution in [1.29, 1.82) is 0 Å². The number of ether oxygens (including phenoxy) is 2. The Balaban J connectivity index is 1.45. The molecule has 0 saturated heterocycles. The highest BCUT2D eigenvalue weighted by Crippen LogP contribution is 2.34. The molecule has 0 aliphatic carbocycles. The van der Waals surface area contributed by atoms with Gasteiger partial charge in [-0.1, -0.05) is 32.0 Å². The van der Waals surface area contributed by atoms with Gasteiger partial charge in [0.15, 0.2) is 11.5 Å². The highest BCUT2D eigenvalue weighted by Gasteiger charge is 2.18. The number of nitrogens with one attached hydrogen (secondary N) is 2. The molecule has 1 unspecified atom stereocenters. The Hall–Kier alpha value is -3.06. The van der Waals surface area contributed by atoms with Crippen LogP contribution in [0.25, 0.3) is 0 Å². The largest absolute Gasteiger partial charge is 0.454 e. The summed E-state index contributed by atoms with van der Waals surface area (Å²) in [5.41, 5.74) is 2.37. The molecule has 0 spiro atoms. The van der Waals surface area contributed by atoms with E-state index in [1.807, 2.05) is 12.1 Å². The first-order valence-electron chi connectivity index (χ1n) is 9.21. The van der Waals surface area contributed by atoms with Crippen LogP contribution in [0.3, 0.4) is 0 Å². The van der Waals surface area contributed by atoms with Crippen LogP contribution in [0.2, 0.25) is 0 Å². The normalized spacial score (nSPS) is 13.3. The minimum atomic E-state index is -0.790. The maximum atomic E-state index is 12.0. The quantitative estimate of drug-likeness (QED) is 0.666. The van der Waals surface area contributed by atoms with Gasteiger partial charge in [0.1, 0.15) is 0 Å². The molecule has 2 amide bonds. The number of anilines is 1. The summed E-state index contributed by atoms with van der Waals surface area (Å²) in [4.78, 5) is 23.9. The Morgan fingerprint density at radius 3 is 2.39 bits per heavy atom. The summed E-state index contributed by atoms with van der Waals surface area (Å²) in [5.74, 6) is 0.135. The third-order valence-electron chi connectivity index (χ3n) is 4.53. The van der Waals surface area contributed by atoms with Gasteiger partial charge >= 0.3 is 11.8 Å². The zero-order valence-corrected chi connectivity index (χ0v) is 15.9. The second-order valence-corrected chi connectivity index (χ2v) is 6.90. The Labute approximate surface area is 163 Å². The fraction of sp³-hybridized carbons (Fsp3) is 0.333. The summed E-state index contributed by atoms with van der Waals surface area (Å²) in [5, 5.41) is 15.3. The number of aliphatic hydroxyl groups excluding tert-OH is 1. The van der Waals surface area contributed by atoms with Crippen molar-refractivity contribution >= 4 is 17.5 Å². The van der Waals surface area contributed by atoms with Gasteiger partial charge in [0, 0.05) is 12.2 Å². The Bertz CT molecular complexity index is 848. The number of carbonyl (C=O) groups excluding carboxylic acids is 2. The molecule has 2 aromatic carbocycles. The topological polar surface area (TPSA) is 96.9 Å². The number of hydrogen-bond donors (Lipinski definition) is 3. The molecule has 2 aromatic rings. The van der Waals surface area contributed by atoms with E-state index in [2.05, 4.69) is 24.5 Å². The van der Waals surface area contributed by atoms with Crippen LogP contribution in [0.15, 0.2) is 42.5 Å². The number of aliphatic hydroxyl groups is 1. The molecule has 1 aliphatic rings. The van der Waals surface area contributed by atoms with Crippen molar-refractivity contribution in [3.05, 3.63) is 53.6 Å². The zero-order valence-electron chi connectivity index (χ0n) is 15.9. The summed E-state index contributed by atoms with van der Waals surface area (Å²) in [6.45, 7) is 4.49. The predicted molar refractivity (Wildman–Crippen MR) is 104 cm³/mol. The van der Waals surface area contributed by atoms with Gasteiger partial charge in [-0.15, -0.1) is 0 Å². The summed E-state index contributed by atoms with van der Waals surface area (Å²) in [7, 11) is 0. The van der Waals surface area contributed by atoms with E-state index in [-0.39, 0.29) is 19.8 Å². The van der Waals surface area contributed by atoms with E-state index >= 15 is 0 Å². The van der Waals surface area contributed by atoms with Crippen LogP contribution in [0.5, 0.6) is 11.5 Å². The van der Waals surface area contributed by atoms with Crippen molar-refractivity contribution in [2.75, 3.05) is 18.7 Å². The van der Waals surface area contributed by atoms with Crippen LogP contribution in [0, 0.1) is 0 Å². The molecule has 7 nitrogen and oxygen atoms in total. The van der Waals surface area contributed by atoms with Gasteiger partial charge in [-0.25, -0.2) is 0 Å². The first-order chi connectivity index (χ1) is 13.4. The molecule has 3 N–H and O–H groups in total. The molecule has 0 bridgehead atoms. The lowest BCUT2D eigenvalue weighted by Gasteiger charge is -2.12. The van der Waals surface area contributed by atoms with Crippen molar-refractivity contribution < 1.29 is 24.2 Å². The lowest BCUT2D eigenvalue weighted by Crippen LogP contribution is -2.36. The molecule has 0 aromatic heterocycles. The third-order valence-corrected chi connectivity index (χ3v) is 4.53. The summed E-state index contributed by atoms with van der Waals surface area (Å²) in [6, 6.07) is 12.6. The van der Waals surface area contributed by atoms with Gasteiger partial charge in [-0.2, -0.15) is 0 Å². The molecule has 0 fully saturated rings. The van der Waals surface area contributed by atoms with Gasteiger partial charge in [-0.05, 0) is 47.7 Å². The van der Waals surface area contributed by atoms with Crippen LogP contribution in [0.1, 0.15) is 43.4 Å². The fourth-order valence-corrected chi connectivity index (χ4v) is 2.83. The van der Waals surface area contributed by atoms with Crippen LogP contribution < -0.4 is 20.1 Å². The number of benzene rings is 2. The highest BCUT2D eigenvalue weighted by molar-refractivity contribution is 6.39. The van der Waals surface area contributed by atoms with Crippen molar-refractivity contribution in [3.8, 4) is 11.5 Å². The maximum Gasteiger partial charge on any atom is 0.313 e. The van der Waals surface area contributed by atoms with E-state index in [9.17, 15) is 14.7 Å². The fourth-order valence-electron chi connectivity index (χ4n) is 2.83. The number of fused-ring (bicyclic) bond motifs is 1. The minimum Gasteiger partial charge on any atom is -0.454 e. The van der Waals surface area contributed by atoms with Crippen LogP contribution in [0.4, 0.5) is 5.69 Å². The second kappa shape index (κ2) is 8.75. The average molecular weight is 384 g/mol. The molecular weight excluding hydrogens is 360 g/mol. The molecule has 1 heterocycles. The van der Waals surface area contributed by atoms with E-state index < -0.39 is 17.9 Å².